The molecule has 0 saturated carbocycles. The number of aromatic carboxylic acids is 1. The fourth-order valence-corrected chi connectivity index (χ4v) is 5.67. The molecular formula is C24H23ClN4O6S. The molecule has 2 N–H and O–H groups in total. The Kier molecular flexibility index (Phi) is 6.65. The second kappa shape index (κ2) is 9.41. The predicted octanol–water partition coefficient (Wildman–Crippen LogP) is 3.76. The van der Waals surface area contributed by atoms with Crippen molar-refractivity contribution in [1.82, 2.24) is 18.8 Å². The second-order valence-corrected chi connectivity index (χ2v) is 10.5. The Morgan fingerprint density at radius 3 is 2.50 bits per heavy atom. The standard InChI is InChI=1S/C24H23ClN4O6S/c1-13-10-17(23(30)31)26-22-21(13)27-24(32)29(22)18-12-20(19(35-4)11-16(18)25)36(33,34)28(3)14(2)15-8-6-5-7-9-15/h5-12,14H,1-4H3,(H,27,32)(H,30,31)/t14-/m1/s1. The number of fused-ring (bicyclic) bond motifs is 1. The minimum atomic E-state index is -4.15. The quantitative estimate of drug-likeness (QED) is 0.371. The van der Waals surface area contributed by atoms with Crippen LogP contribution in [0.25, 0.3) is 16.9 Å². The van der Waals surface area contributed by atoms with E-state index in [9.17, 15) is 23.1 Å². The molecule has 0 aliphatic carbocycles. The molecule has 4 rings (SSSR count). The van der Waals surface area contributed by atoms with Crippen molar-refractivity contribution in [1.29, 1.82) is 0 Å². The van der Waals surface area contributed by atoms with Crippen molar-refractivity contribution in [2.45, 2.75) is 24.8 Å². The molecule has 4 aromatic rings. The summed E-state index contributed by atoms with van der Waals surface area (Å²) in [5, 5.41) is 9.44. The van der Waals surface area contributed by atoms with E-state index in [4.69, 9.17) is 16.3 Å². The summed E-state index contributed by atoms with van der Waals surface area (Å²) in [5.41, 5.74) is 0.622. The number of carboxylic acids is 1. The normalized spacial score (nSPS) is 12.7. The van der Waals surface area contributed by atoms with Crippen molar-refractivity contribution in [3.63, 3.8) is 0 Å². The molecule has 2 heterocycles. The summed E-state index contributed by atoms with van der Waals surface area (Å²) in [6.07, 6.45) is 0. The molecule has 0 fully saturated rings. The molecule has 0 aliphatic heterocycles. The number of nitrogens with one attached hydrogen (secondary N) is 1. The number of H-pyrrole nitrogens is 1. The first-order valence-corrected chi connectivity index (χ1v) is 12.6. The van der Waals surface area contributed by atoms with E-state index in [1.165, 1.54) is 36.7 Å². The molecule has 0 radical (unpaired) electrons. The van der Waals surface area contributed by atoms with Gasteiger partial charge in [-0.2, -0.15) is 4.31 Å². The van der Waals surface area contributed by atoms with Gasteiger partial charge in [-0.1, -0.05) is 41.9 Å². The highest BCUT2D eigenvalue weighted by atomic mass is 35.5. The number of halogens is 1. The molecule has 0 aliphatic rings. The number of hydrogen-bond donors (Lipinski definition) is 2. The molecule has 12 heteroatoms. The molecule has 188 valence electrons. The molecular weight excluding hydrogens is 508 g/mol. The van der Waals surface area contributed by atoms with Crippen LogP contribution in [0.1, 0.15) is 34.6 Å². The maximum absolute atomic E-state index is 13.7. The molecule has 0 amide bonds. The van der Waals surface area contributed by atoms with Crippen LogP contribution in [-0.2, 0) is 10.0 Å². The van der Waals surface area contributed by atoms with E-state index in [0.717, 1.165) is 10.1 Å². The summed E-state index contributed by atoms with van der Waals surface area (Å²) >= 11 is 6.47. The maximum Gasteiger partial charge on any atom is 0.354 e. The van der Waals surface area contributed by atoms with Crippen molar-refractivity contribution in [3.05, 3.63) is 80.9 Å². The lowest BCUT2D eigenvalue weighted by Crippen LogP contribution is -2.30. The first-order chi connectivity index (χ1) is 17.0. The number of aromatic amines is 1. The largest absolute Gasteiger partial charge is 0.495 e. The lowest BCUT2D eigenvalue weighted by atomic mass is 10.1. The van der Waals surface area contributed by atoms with Gasteiger partial charge in [0, 0.05) is 19.2 Å². The van der Waals surface area contributed by atoms with Crippen LogP contribution in [0.15, 0.2) is 58.2 Å². The molecule has 36 heavy (non-hydrogen) atoms. The highest BCUT2D eigenvalue weighted by Crippen LogP contribution is 2.36. The Labute approximate surface area is 211 Å². The highest BCUT2D eigenvalue weighted by Gasteiger charge is 2.31. The lowest BCUT2D eigenvalue weighted by Gasteiger charge is -2.26. The molecule has 2 aromatic heterocycles. The number of carboxylic acid groups (broad SMARTS) is 1. The molecule has 2 aromatic carbocycles. The number of hydrogen-bond acceptors (Lipinski definition) is 6. The van der Waals surface area contributed by atoms with Crippen LogP contribution in [0.3, 0.4) is 0 Å². The molecule has 10 nitrogen and oxygen atoms in total. The second-order valence-electron chi connectivity index (χ2n) is 8.16. The summed E-state index contributed by atoms with van der Waals surface area (Å²) < 4.78 is 35.0. The average molecular weight is 531 g/mol. The van der Waals surface area contributed by atoms with E-state index in [-0.39, 0.29) is 32.7 Å². The predicted molar refractivity (Wildman–Crippen MR) is 135 cm³/mol. The molecule has 0 spiro atoms. The van der Waals surface area contributed by atoms with Crippen molar-refractivity contribution in [2.75, 3.05) is 14.2 Å². The summed E-state index contributed by atoms with van der Waals surface area (Å²) in [5.74, 6) is -1.29. The van der Waals surface area contributed by atoms with Crippen molar-refractivity contribution >= 4 is 38.8 Å². The minimum Gasteiger partial charge on any atom is -0.495 e. The van der Waals surface area contributed by atoms with Crippen LogP contribution in [0.4, 0.5) is 0 Å². The van der Waals surface area contributed by atoms with Crippen LogP contribution < -0.4 is 10.4 Å². The number of rotatable bonds is 7. The Hall–Kier alpha value is -3.67. The third-order valence-electron chi connectivity index (χ3n) is 6.02. The summed E-state index contributed by atoms with van der Waals surface area (Å²) in [6.45, 7) is 3.38. The number of methoxy groups -OCH3 is 1. The third-order valence-corrected chi connectivity index (χ3v) is 8.27. The zero-order valence-corrected chi connectivity index (χ0v) is 21.4. The van der Waals surface area contributed by atoms with Gasteiger partial charge in [0.15, 0.2) is 11.3 Å². The number of nitrogens with zero attached hydrogens (tertiary/aromatic N) is 3. The van der Waals surface area contributed by atoms with Gasteiger partial charge < -0.3 is 14.8 Å². The molecule has 0 unspecified atom stereocenters. The Balaban J connectivity index is 1.94. The van der Waals surface area contributed by atoms with E-state index < -0.39 is 27.7 Å². The van der Waals surface area contributed by atoms with Gasteiger partial charge in [0.1, 0.15) is 10.6 Å². The zero-order valence-electron chi connectivity index (χ0n) is 19.8. The van der Waals surface area contributed by atoms with Crippen LogP contribution in [-0.4, -0.2) is 52.5 Å². The summed E-state index contributed by atoms with van der Waals surface area (Å²) in [7, 11) is -1.39. The fraction of sp³-hybridized carbons (Fsp3) is 0.208. The smallest absolute Gasteiger partial charge is 0.354 e. The van der Waals surface area contributed by atoms with E-state index >= 15 is 0 Å². The van der Waals surface area contributed by atoms with Crippen LogP contribution in [0, 0.1) is 6.92 Å². The van der Waals surface area contributed by atoms with Gasteiger partial charge in [0.2, 0.25) is 10.0 Å². The number of sulfonamides is 1. The van der Waals surface area contributed by atoms with Crippen molar-refractivity contribution in [3.8, 4) is 11.4 Å². The minimum absolute atomic E-state index is 0.00109. The number of carbonyl (C=O) groups is 1. The number of aryl methyl sites for hydroxylation is 1. The van der Waals surface area contributed by atoms with Gasteiger partial charge in [-0.15, -0.1) is 0 Å². The van der Waals surface area contributed by atoms with Crippen molar-refractivity contribution < 1.29 is 23.1 Å². The van der Waals surface area contributed by atoms with E-state index in [1.54, 1.807) is 13.8 Å². The lowest BCUT2D eigenvalue weighted by molar-refractivity contribution is 0.0690. The molecule has 0 saturated heterocycles. The topological polar surface area (TPSA) is 135 Å². The van der Waals surface area contributed by atoms with Crippen molar-refractivity contribution in [2.24, 2.45) is 0 Å². The van der Waals surface area contributed by atoms with Gasteiger partial charge in [-0.05, 0) is 37.1 Å². The number of ether oxygens (including phenoxy) is 1. The average Bonchev–Trinajstić information content (AvgIpc) is 3.19. The van der Waals surface area contributed by atoms with Crippen LogP contribution >= 0.6 is 11.6 Å². The zero-order chi connectivity index (χ0) is 26.4. The number of imidazole rings is 1. The highest BCUT2D eigenvalue weighted by molar-refractivity contribution is 7.89. The molecule has 1 atom stereocenters. The van der Waals surface area contributed by atoms with Gasteiger partial charge in [0.05, 0.1) is 23.3 Å². The van der Waals surface area contributed by atoms with E-state index in [2.05, 4.69) is 9.97 Å². The summed E-state index contributed by atoms with van der Waals surface area (Å²) in [4.78, 5) is 31.0. The van der Waals surface area contributed by atoms with Gasteiger partial charge in [0.25, 0.3) is 0 Å². The van der Waals surface area contributed by atoms with Crippen LogP contribution in [0.2, 0.25) is 5.02 Å². The Morgan fingerprint density at radius 2 is 1.89 bits per heavy atom. The SMILES string of the molecule is COc1cc(Cl)c(-n2c(=O)[nH]c3c(C)cc(C(=O)O)nc32)cc1S(=O)(=O)N(C)[C@H](C)c1ccccc1. The monoisotopic (exact) mass is 530 g/mol. The van der Waals surface area contributed by atoms with E-state index in [1.807, 2.05) is 30.3 Å². The fourth-order valence-electron chi connectivity index (χ4n) is 3.93. The first-order valence-electron chi connectivity index (χ1n) is 10.7. The number of benzene rings is 2. The number of pyridine rings is 1. The van der Waals surface area contributed by atoms with Crippen LogP contribution in [0.5, 0.6) is 5.75 Å². The van der Waals surface area contributed by atoms with Gasteiger partial charge in [-0.25, -0.2) is 27.6 Å². The van der Waals surface area contributed by atoms with Gasteiger partial charge in [-0.3, -0.25) is 0 Å². The third kappa shape index (κ3) is 4.25. The number of aromatic nitrogens is 3. The summed E-state index contributed by atoms with van der Waals surface area (Å²) in [6, 6.07) is 12.4. The Bertz CT molecular complexity index is 1650. The first kappa shape index (κ1) is 25.4. The maximum atomic E-state index is 13.7. The molecule has 0 bridgehead atoms. The Morgan fingerprint density at radius 1 is 1.22 bits per heavy atom. The van der Waals surface area contributed by atoms with Gasteiger partial charge >= 0.3 is 11.7 Å². The van der Waals surface area contributed by atoms with E-state index in [0.29, 0.717) is 11.1 Å².